The molecule has 0 saturated carbocycles. The summed E-state index contributed by atoms with van der Waals surface area (Å²) in [6.45, 7) is 6.98. The minimum atomic E-state index is -0.954. The first-order chi connectivity index (χ1) is 7.22. The van der Waals surface area contributed by atoms with E-state index in [0.29, 0.717) is 11.4 Å². The van der Waals surface area contributed by atoms with Crippen LogP contribution < -0.4 is 11.3 Å². The van der Waals surface area contributed by atoms with Crippen LogP contribution in [0.1, 0.15) is 27.7 Å². The molecule has 0 saturated heterocycles. The summed E-state index contributed by atoms with van der Waals surface area (Å²) >= 11 is 0. The highest BCUT2D eigenvalue weighted by atomic mass is 16.5. The maximum absolute atomic E-state index is 9.87. The lowest BCUT2D eigenvalue weighted by Gasteiger charge is -2.37. The van der Waals surface area contributed by atoms with E-state index in [-0.39, 0.29) is 0 Å². The monoisotopic (exact) mass is 222 g/mol. The van der Waals surface area contributed by atoms with Gasteiger partial charge in [0.2, 0.25) is 0 Å². The molecule has 3 N–H and O–H groups in total. The van der Waals surface area contributed by atoms with E-state index in [9.17, 15) is 5.11 Å². The van der Waals surface area contributed by atoms with Crippen LogP contribution in [0.5, 0.6) is 0 Å². The predicted molar refractivity (Wildman–Crippen MR) is 63.3 cm³/mol. The lowest BCUT2D eigenvalue weighted by Crippen LogP contribution is -2.49. The third kappa shape index (κ3) is 3.18. The fourth-order valence-electron chi connectivity index (χ4n) is 0.761. The molecule has 0 spiro atoms. The Morgan fingerprint density at radius 1 is 1.25 bits per heavy atom. The minimum Gasteiger partial charge on any atom is -0.425 e. The van der Waals surface area contributed by atoms with Crippen molar-refractivity contribution in [3.8, 4) is 0 Å². The van der Waals surface area contributed by atoms with E-state index in [1.165, 1.54) is 19.9 Å². The van der Waals surface area contributed by atoms with Crippen LogP contribution in [-0.2, 0) is 4.65 Å². The van der Waals surface area contributed by atoms with E-state index in [4.69, 9.17) is 10.4 Å². The zero-order chi connectivity index (χ0) is 12.4. The molecule has 0 fully saturated rings. The molecule has 1 rings (SSSR count). The number of anilines is 1. The molecule has 87 valence electrons. The number of nitrogens with zero attached hydrogens (tertiary/aromatic N) is 2. The molecule has 1 aromatic rings. The molecule has 6 heteroatoms. The second kappa shape index (κ2) is 4.39. The van der Waals surface area contributed by atoms with Crippen molar-refractivity contribution >= 4 is 18.9 Å². The van der Waals surface area contributed by atoms with Crippen LogP contribution in [-0.4, -0.2) is 33.8 Å². The van der Waals surface area contributed by atoms with Crippen molar-refractivity contribution in [2.24, 2.45) is 0 Å². The Bertz CT molecular complexity index is 346. The van der Waals surface area contributed by atoms with Gasteiger partial charge in [-0.1, -0.05) is 0 Å². The molecule has 0 aliphatic rings. The van der Waals surface area contributed by atoms with E-state index in [1.54, 1.807) is 27.7 Å². The Kier molecular flexibility index (Phi) is 3.55. The molecule has 0 unspecified atom stereocenters. The Balaban J connectivity index is 2.61. The van der Waals surface area contributed by atoms with E-state index in [1.807, 2.05) is 0 Å². The number of hydrogen-bond acceptors (Lipinski definition) is 5. The zero-order valence-corrected chi connectivity index (χ0v) is 10.1. The molecule has 0 atom stereocenters. The number of nitrogens with two attached hydrogens (primary N) is 1. The third-order valence-electron chi connectivity index (χ3n) is 2.64. The van der Waals surface area contributed by atoms with Gasteiger partial charge in [-0.3, -0.25) is 4.98 Å². The number of aliphatic hydroxyl groups is 1. The van der Waals surface area contributed by atoms with Gasteiger partial charge in [-0.15, -0.1) is 0 Å². The van der Waals surface area contributed by atoms with Gasteiger partial charge in [0.05, 0.1) is 23.0 Å². The number of aromatic nitrogens is 2. The highest BCUT2D eigenvalue weighted by Crippen LogP contribution is 2.23. The van der Waals surface area contributed by atoms with E-state index < -0.39 is 11.2 Å². The number of rotatable bonds is 4. The molecule has 1 aromatic heterocycles. The van der Waals surface area contributed by atoms with Crippen molar-refractivity contribution in [2.75, 3.05) is 5.73 Å². The summed E-state index contributed by atoms with van der Waals surface area (Å²) in [5, 5.41) is 9.87. The quantitative estimate of drug-likeness (QED) is 0.693. The lowest BCUT2D eigenvalue weighted by atomic mass is 9.85. The summed E-state index contributed by atoms with van der Waals surface area (Å²) in [5.41, 5.74) is 4.31. The van der Waals surface area contributed by atoms with Gasteiger partial charge in [0.25, 0.3) is 0 Å². The van der Waals surface area contributed by atoms with E-state index in [0.717, 1.165) is 0 Å². The Morgan fingerprint density at radius 2 is 1.88 bits per heavy atom. The van der Waals surface area contributed by atoms with Crippen LogP contribution in [0.4, 0.5) is 5.82 Å². The van der Waals surface area contributed by atoms with Crippen molar-refractivity contribution in [1.82, 2.24) is 9.97 Å². The fourth-order valence-corrected chi connectivity index (χ4v) is 0.761. The fraction of sp³-hybridized carbons (Fsp3) is 0.600. The maximum atomic E-state index is 9.87. The summed E-state index contributed by atoms with van der Waals surface area (Å²) < 4.78 is 5.50. The van der Waals surface area contributed by atoms with Gasteiger partial charge < -0.3 is 15.5 Å². The minimum absolute atomic E-state index is 0.360. The summed E-state index contributed by atoms with van der Waals surface area (Å²) in [5.74, 6) is 0.360. The van der Waals surface area contributed by atoms with Gasteiger partial charge >= 0.3 is 7.48 Å². The standard InChI is InChI=1S/C10H17BN3O2/c1-9(2,15)10(3,4)16-11-7-5-14-8(12)6-13-7/h5-6,15H,1-4H3,(H2,12,14). The van der Waals surface area contributed by atoms with Gasteiger partial charge in [-0.05, 0) is 27.7 Å². The molecule has 0 amide bonds. The summed E-state index contributed by atoms with van der Waals surface area (Å²) in [7, 11) is 1.46. The lowest BCUT2D eigenvalue weighted by molar-refractivity contribution is -0.0893. The molecule has 0 aromatic carbocycles. The molecule has 16 heavy (non-hydrogen) atoms. The van der Waals surface area contributed by atoms with Crippen LogP contribution in [0.2, 0.25) is 0 Å². The molecule has 0 bridgehead atoms. The molecule has 1 heterocycles. The van der Waals surface area contributed by atoms with Gasteiger partial charge in [0.15, 0.2) is 0 Å². The van der Waals surface area contributed by atoms with Crippen LogP contribution in [0.3, 0.4) is 0 Å². The number of nitrogen functional groups attached to an aromatic ring is 1. The average molecular weight is 222 g/mol. The van der Waals surface area contributed by atoms with Crippen LogP contribution in [0, 0.1) is 0 Å². The van der Waals surface area contributed by atoms with Crippen molar-refractivity contribution in [3.63, 3.8) is 0 Å². The largest absolute Gasteiger partial charge is 0.425 e. The summed E-state index contributed by atoms with van der Waals surface area (Å²) in [6, 6.07) is 0. The average Bonchev–Trinajstić information content (AvgIpc) is 2.15. The molecular weight excluding hydrogens is 205 g/mol. The van der Waals surface area contributed by atoms with Gasteiger partial charge in [-0.2, -0.15) is 0 Å². The molecule has 5 nitrogen and oxygen atoms in total. The van der Waals surface area contributed by atoms with Gasteiger partial charge in [0.1, 0.15) is 5.82 Å². The summed E-state index contributed by atoms with van der Waals surface area (Å²) in [6.07, 6.45) is 2.96. The summed E-state index contributed by atoms with van der Waals surface area (Å²) in [4.78, 5) is 7.90. The van der Waals surface area contributed by atoms with Crippen molar-refractivity contribution in [2.45, 2.75) is 38.9 Å². The van der Waals surface area contributed by atoms with Gasteiger partial charge in [0, 0.05) is 6.20 Å². The van der Waals surface area contributed by atoms with Crippen molar-refractivity contribution in [3.05, 3.63) is 12.4 Å². The van der Waals surface area contributed by atoms with Gasteiger partial charge in [-0.25, -0.2) is 4.98 Å². The normalized spacial score (nSPS) is 12.6. The predicted octanol–water partition coefficient (Wildman–Crippen LogP) is -0.131. The highest BCUT2D eigenvalue weighted by Gasteiger charge is 2.35. The molecular formula is C10H17BN3O2. The molecule has 1 radical (unpaired) electrons. The first kappa shape index (κ1) is 12.9. The van der Waals surface area contributed by atoms with Crippen molar-refractivity contribution < 1.29 is 9.76 Å². The SMILES string of the molecule is CC(C)(O)C(C)(C)O[B]c1cnc(N)cn1. The van der Waals surface area contributed by atoms with Crippen LogP contribution in [0.15, 0.2) is 12.4 Å². The Morgan fingerprint density at radius 3 is 2.31 bits per heavy atom. The molecule has 0 aliphatic heterocycles. The first-order valence-electron chi connectivity index (χ1n) is 5.03. The number of hydrogen-bond donors (Lipinski definition) is 2. The Hall–Kier alpha value is -1.14. The Labute approximate surface area is 96.3 Å². The van der Waals surface area contributed by atoms with E-state index >= 15 is 0 Å². The van der Waals surface area contributed by atoms with Crippen LogP contribution in [0.25, 0.3) is 0 Å². The second-order valence-electron chi connectivity index (χ2n) is 4.67. The smallest absolute Gasteiger partial charge is 0.353 e. The highest BCUT2D eigenvalue weighted by molar-refractivity contribution is 6.45. The maximum Gasteiger partial charge on any atom is 0.353 e. The third-order valence-corrected chi connectivity index (χ3v) is 2.64. The van der Waals surface area contributed by atoms with E-state index in [2.05, 4.69) is 9.97 Å². The topological polar surface area (TPSA) is 81.3 Å². The van der Waals surface area contributed by atoms with Crippen molar-refractivity contribution in [1.29, 1.82) is 0 Å². The zero-order valence-electron chi connectivity index (χ0n) is 10.1. The van der Waals surface area contributed by atoms with Crippen LogP contribution >= 0.6 is 0 Å². The first-order valence-corrected chi connectivity index (χ1v) is 5.03. The second-order valence-corrected chi connectivity index (χ2v) is 4.67. The molecule has 0 aliphatic carbocycles.